The number of hydrogen-bond acceptors (Lipinski definition) is 5. The number of imidazole rings is 1. The van der Waals surface area contributed by atoms with Gasteiger partial charge >= 0.3 is 0 Å². The number of benzene rings is 1. The predicted octanol–water partition coefficient (Wildman–Crippen LogP) is 3.69. The molecule has 36 heavy (non-hydrogen) atoms. The number of ether oxygens (including phenoxy) is 1. The fourth-order valence-electron chi connectivity index (χ4n) is 6.54. The van der Waals surface area contributed by atoms with Gasteiger partial charge in [-0.25, -0.2) is 9.37 Å². The molecule has 0 bridgehead atoms. The first-order valence-electron chi connectivity index (χ1n) is 13.2. The molecule has 6 rings (SSSR count). The van der Waals surface area contributed by atoms with Crippen LogP contribution in [0.15, 0.2) is 36.7 Å². The van der Waals surface area contributed by atoms with E-state index < -0.39 is 6.67 Å². The molecular weight excluding hydrogens is 457 g/mol. The third-order valence-electron chi connectivity index (χ3n) is 8.37. The molecule has 2 fully saturated rings. The van der Waals surface area contributed by atoms with Crippen LogP contribution in [-0.4, -0.2) is 64.1 Å². The van der Waals surface area contributed by atoms with E-state index in [0.29, 0.717) is 34.8 Å². The third-order valence-corrected chi connectivity index (χ3v) is 8.37. The molecule has 2 aromatic heterocycles. The van der Waals surface area contributed by atoms with Gasteiger partial charge in [-0.1, -0.05) is 12.1 Å². The number of aryl methyl sites for hydroxylation is 1. The van der Waals surface area contributed by atoms with E-state index in [4.69, 9.17) is 4.74 Å². The minimum Gasteiger partial charge on any atom is -0.381 e. The second kappa shape index (κ2) is 10.3. The molecule has 1 aliphatic carbocycles. The Hall–Kier alpha value is -2.84. The number of aromatic amines is 1. The molecule has 0 saturated carbocycles. The molecule has 2 aliphatic heterocycles. The van der Waals surface area contributed by atoms with Crippen molar-refractivity contribution in [2.45, 2.75) is 63.2 Å². The Kier molecular flexibility index (Phi) is 6.71. The number of alkyl halides is 1. The normalized spacial score (nSPS) is 24.9. The lowest BCUT2D eigenvalue weighted by atomic mass is 9.87. The molecule has 8 heteroatoms. The van der Waals surface area contributed by atoms with Crippen molar-refractivity contribution in [2.75, 3.05) is 26.3 Å². The van der Waals surface area contributed by atoms with Crippen LogP contribution in [0.4, 0.5) is 4.39 Å². The van der Waals surface area contributed by atoms with Crippen molar-refractivity contribution >= 4 is 16.9 Å². The summed E-state index contributed by atoms with van der Waals surface area (Å²) in [5.41, 5.74) is 4.74. The van der Waals surface area contributed by atoms with Gasteiger partial charge in [0.05, 0.1) is 17.5 Å². The summed E-state index contributed by atoms with van der Waals surface area (Å²) < 4.78 is 18.9. The molecule has 0 radical (unpaired) electrons. The molecule has 3 aromatic rings. The minimum atomic E-state index is -0.569. The highest BCUT2D eigenvalue weighted by Gasteiger charge is 2.39. The van der Waals surface area contributed by atoms with E-state index in [-0.39, 0.29) is 18.4 Å². The van der Waals surface area contributed by atoms with Crippen molar-refractivity contribution in [3.8, 4) is 0 Å². The lowest BCUT2D eigenvalue weighted by Gasteiger charge is -2.31. The average Bonchev–Trinajstić information content (AvgIpc) is 3.62. The zero-order valence-corrected chi connectivity index (χ0v) is 20.6. The van der Waals surface area contributed by atoms with Gasteiger partial charge in [-0.2, -0.15) is 0 Å². The standard InChI is InChI=1S/C28H34FN5O2/c29-14-19-2-1-3-24-28(19)33-26(31-24)13-27(35)32-25-17-34(22-7-10-36-11-8-22)16-21(25)12-18-4-5-20-15-30-9-6-23(18)20/h1-3,6,9,15,18,21-22,25H,4-5,7-8,10-14,16-17H2,(H,31,33)(H,32,35)/t18?,21-,25?/m0/s1. The molecule has 1 aromatic carbocycles. The minimum absolute atomic E-state index is 0.0318. The van der Waals surface area contributed by atoms with Crippen LogP contribution in [-0.2, 0) is 29.0 Å². The maximum Gasteiger partial charge on any atom is 0.227 e. The number of carbonyl (C=O) groups is 1. The molecule has 2 saturated heterocycles. The number of carbonyl (C=O) groups excluding carboxylic acids is 1. The molecule has 2 unspecified atom stereocenters. The van der Waals surface area contributed by atoms with Crippen LogP contribution in [0.5, 0.6) is 0 Å². The Labute approximate surface area is 210 Å². The Morgan fingerprint density at radius 3 is 2.94 bits per heavy atom. The topological polar surface area (TPSA) is 83.1 Å². The van der Waals surface area contributed by atoms with Crippen molar-refractivity contribution in [2.24, 2.45) is 5.92 Å². The number of rotatable bonds is 7. The number of fused-ring (bicyclic) bond motifs is 2. The highest BCUT2D eigenvalue weighted by molar-refractivity contribution is 5.82. The zero-order chi connectivity index (χ0) is 24.5. The number of para-hydroxylation sites is 1. The Morgan fingerprint density at radius 1 is 1.19 bits per heavy atom. The number of halogens is 1. The number of H-pyrrole nitrogens is 1. The molecule has 4 heterocycles. The van der Waals surface area contributed by atoms with E-state index in [9.17, 15) is 9.18 Å². The molecule has 1 amide bonds. The maximum atomic E-state index is 13.3. The summed E-state index contributed by atoms with van der Waals surface area (Å²) in [6.07, 6.45) is 9.52. The lowest BCUT2D eigenvalue weighted by molar-refractivity contribution is -0.121. The van der Waals surface area contributed by atoms with Crippen LogP contribution in [0.3, 0.4) is 0 Å². The van der Waals surface area contributed by atoms with Gasteiger partial charge < -0.3 is 15.0 Å². The van der Waals surface area contributed by atoms with Gasteiger partial charge in [0.1, 0.15) is 12.5 Å². The predicted molar refractivity (Wildman–Crippen MR) is 135 cm³/mol. The van der Waals surface area contributed by atoms with Crippen LogP contribution >= 0.6 is 0 Å². The van der Waals surface area contributed by atoms with Crippen LogP contribution in [0.25, 0.3) is 11.0 Å². The first kappa shape index (κ1) is 23.6. The smallest absolute Gasteiger partial charge is 0.227 e. The van der Waals surface area contributed by atoms with Gasteiger partial charge in [0, 0.05) is 56.3 Å². The average molecular weight is 492 g/mol. The van der Waals surface area contributed by atoms with Crippen LogP contribution in [0.1, 0.15) is 54.1 Å². The SMILES string of the molecule is O=C(Cc1nc2c(CF)cccc2[nH]1)NC1CN(C2CCOCC2)C[C@@H]1CC1CCc2cnccc21. The Balaban J connectivity index is 1.16. The molecule has 0 spiro atoms. The van der Waals surface area contributed by atoms with Crippen molar-refractivity contribution in [1.29, 1.82) is 0 Å². The number of amides is 1. The lowest BCUT2D eigenvalue weighted by Crippen LogP contribution is -2.43. The number of pyridine rings is 1. The second-order valence-corrected chi connectivity index (χ2v) is 10.6. The molecule has 3 atom stereocenters. The first-order valence-corrected chi connectivity index (χ1v) is 13.2. The van der Waals surface area contributed by atoms with Crippen LogP contribution < -0.4 is 5.32 Å². The van der Waals surface area contributed by atoms with Gasteiger partial charge in [-0.3, -0.25) is 14.7 Å². The zero-order valence-electron chi connectivity index (χ0n) is 20.6. The first-order chi connectivity index (χ1) is 17.7. The Bertz CT molecular complexity index is 1220. The monoisotopic (exact) mass is 491 g/mol. The Morgan fingerprint density at radius 2 is 2.08 bits per heavy atom. The molecule has 190 valence electrons. The van der Waals surface area contributed by atoms with Crippen molar-refractivity contribution in [3.63, 3.8) is 0 Å². The summed E-state index contributed by atoms with van der Waals surface area (Å²) in [6.45, 7) is 2.96. The van der Waals surface area contributed by atoms with Crippen LogP contribution in [0, 0.1) is 5.92 Å². The number of hydrogen-bond donors (Lipinski definition) is 2. The molecule has 7 nitrogen and oxygen atoms in total. The van der Waals surface area contributed by atoms with E-state index >= 15 is 0 Å². The number of nitrogens with zero attached hydrogens (tertiary/aromatic N) is 3. The van der Waals surface area contributed by atoms with Gasteiger partial charge in [0.15, 0.2) is 0 Å². The second-order valence-electron chi connectivity index (χ2n) is 10.6. The maximum absolute atomic E-state index is 13.3. The highest BCUT2D eigenvalue weighted by atomic mass is 19.1. The van der Waals surface area contributed by atoms with Crippen molar-refractivity contribution < 1.29 is 13.9 Å². The summed E-state index contributed by atoms with van der Waals surface area (Å²) in [6, 6.07) is 8.23. The molecular formula is C28H34FN5O2. The van der Waals surface area contributed by atoms with E-state index in [1.807, 2.05) is 24.5 Å². The number of likely N-dealkylation sites (tertiary alicyclic amines) is 1. The highest BCUT2D eigenvalue weighted by Crippen LogP contribution is 2.39. The number of aromatic nitrogens is 3. The van der Waals surface area contributed by atoms with Gasteiger partial charge in [0.2, 0.25) is 5.91 Å². The summed E-state index contributed by atoms with van der Waals surface area (Å²) in [7, 11) is 0. The molecule has 3 aliphatic rings. The van der Waals surface area contributed by atoms with E-state index in [1.54, 1.807) is 6.07 Å². The summed E-state index contributed by atoms with van der Waals surface area (Å²) in [4.78, 5) is 27.8. The quantitative estimate of drug-likeness (QED) is 0.527. The summed E-state index contributed by atoms with van der Waals surface area (Å²) in [5, 5.41) is 3.36. The van der Waals surface area contributed by atoms with Gasteiger partial charge in [-0.05, 0) is 67.2 Å². The summed E-state index contributed by atoms with van der Waals surface area (Å²) in [5.74, 6) is 1.47. The molecule has 2 N–H and O–H groups in total. The van der Waals surface area contributed by atoms with Crippen molar-refractivity contribution in [1.82, 2.24) is 25.2 Å². The van der Waals surface area contributed by atoms with E-state index in [1.165, 1.54) is 11.1 Å². The van der Waals surface area contributed by atoms with Crippen LogP contribution in [0.2, 0.25) is 0 Å². The fraction of sp³-hybridized carbons (Fsp3) is 0.536. The fourth-order valence-corrected chi connectivity index (χ4v) is 6.54. The largest absolute Gasteiger partial charge is 0.381 e. The van der Waals surface area contributed by atoms with E-state index in [0.717, 1.165) is 63.9 Å². The van der Waals surface area contributed by atoms with E-state index in [2.05, 4.69) is 31.2 Å². The van der Waals surface area contributed by atoms with Crippen molar-refractivity contribution in [3.05, 3.63) is 59.2 Å². The van der Waals surface area contributed by atoms with Gasteiger partial charge in [0.25, 0.3) is 0 Å². The van der Waals surface area contributed by atoms with Gasteiger partial charge in [-0.15, -0.1) is 0 Å². The third kappa shape index (κ3) is 4.76. The summed E-state index contributed by atoms with van der Waals surface area (Å²) >= 11 is 0. The number of nitrogens with one attached hydrogen (secondary N) is 2.